The Labute approximate surface area is 323 Å². The van der Waals surface area contributed by atoms with E-state index >= 15 is 0 Å². The Balaban J connectivity index is 1.32. The van der Waals surface area contributed by atoms with Crippen LogP contribution in [0.15, 0.2) is 91.0 Å². The lowest BCUT2D eigenvalue weighted by molar-refractivity contribution is -0.173. The molecule has 0 heterocycles. The summed E-state index contributed by atoms with van der Waals surface area (Å²) in [6.07, 6.45) is 14.9. The van der Waals surface area contributed by atoms with Crippen molar-refractivity contribution in [3.05, 3.63) is 108 Å². The van der Waals surface area contributed by atoms with E-state index in [-0.39, 0.29) is 25.4 Å². The lowest BCUT2D eigenvalue weighted by atomic mass is 9.76. The summed E-state index contributed by atoms with van der Waals surface area (Å²) in [4.78, 5) is 51.8. The predicted molar refractivity (Wildman–Crippen MR) is 211 cm³/mol. The Bertz CT molecular complexity index is 1460. The Hall–Kier alpha value is -4.30. The number of unbranched alkanes of at least 4 members (excludes halogenated alkanes) is 14. The number of carbonyl (C=O) groups excluding carboxylic acids is 3. The molecule has 0 aromatic heterocycles. The van der Waals surface area contributed by atoms with Gasteiger partial charge in [-0.3, -0.25) is 19.2 Å². The van der Waals surface area contributed by atoms with Gasteiger partial charge in [-0.25, -0.2) is 0 Å². The first-order valence-electron chi connectivity index (χ1n) is 20.2. The molecule has 0 radical (unpaired) electrons. The van der Waals surface area contributed by atoms with E-state index in [1.165, 1.54) is 5.56 Å². The summed E-state index contributed by atoms with van der Waals surface area (Å²) in [6.45, 7) is 1.62. The average Bonchev–Trinajstić information content (AvgIpc) is 3.19. The van der Waals surface area contributed by atoms with Gasteiger partial charge in [-0.15, -0.1) is 0 Å². The molecule has 0 fully saturated rings. The first kappa shape index (κ1) is 44.1. The van der Waals surface area contributed by atoms with E-state index in [9.17, 15) is 24.3 Å². The van der Waals surface area contributed by atoms with Crippen LogP contribution in [0, 0.1) is 5.41 Å². The smallest absolute Gasteiger partial charge is 0.331 e. The van der Waals surface area contributed by atoms with Crippen LogP contribution in [0.5, 0.6) is 0 Å². The number of hydrogen-bond donors (Lipinski definition) is 1. The van der Waals surface area contributed by atoms with Gasteiger partial charge in [-0.1, -0.05) is 174 Å². The van der Waals surface area contributed by atoms with Gasteiger partial charge in [-0.05, 0) is 42.4 Å². The molecule has 0 aliphatic carbocycles. The van der Waals surface area contributed by atoms with Gasteiger partial charge in [0.05, 0.1) is 6.61 Å². The molecule has 0 bridgehead atoms. The molecule has 3 rings (SSSR count). The fourth-order valence-corrected chi connectivity index (χ4v) is 6.57. The van der Waals surface area contributed by atoms with Crippen molar-refractivity contribution in [3.8, 4) is 0 Å². The molecule has 3 aromatic carbocycles. The summed E-state index contributed by atoms with van der Waals surface area (Å²) in [6, 6.07) is 28.9. The van der Waals surface area contributed by atoms with E-state index in [2.05, 4.69) is 12.1 Å². The van der Waals surface area contributed by atoms with Gasteiger partial charge < -0.3 is 19.3 Å². The molecule has 0 saturated carbocycles. The molecule has 0 aliphatic heterocycles. The van der Waals surface area contributed by atoms with Crippen molar-refractivity contribution < 1.29 is 38.5 Å². The summed E-state index contributed by atoms with van der Waals surface area (Å²) in [7, 11) is 0. The standard InChI is InChI=1S/C46H62O8/c47-42(32-22-9-5-2-4-8-12-25-35-52-36-39-26-16-13-17-27-39)46(44(49)50,45(51)54-38-41-30-20-15-21-31-41)34-24-11-7-3-1-6-10-23-33-43(48)53-37-40-28-18-14-19-29-40/h13-21,26-31H,1-12,22-25,32-38H2,(H,49,50). The number of aliphatic carboxylic acids is 1. The average molecular weight is 743 g/mol. The van der Waals surface area contributed by atoms with Gasteiger partial charge in [0, 0.05) is 19.4 Å². The van der Waals surface area contributed by atoms with E-state index < -0.39 is 23.1 Å². The number of ketones is 1. The van der Waals surface area contributed by atoms with Gasteiger partial charge in [0.25, 0.3) is 0 Å². The first-order chi connectivity index (χ1) is 26.4. The number of esters is 2. The van der Waals surface area contributed by atoms with Gasteiger partial charge in [0.15, 0.2) is 5.78 Å². The van der Waals surface area contributed by atoms with E-state index in [4.69, 9.17) is 14.2 Å². The Morgan fingerprint density at radius 3 is 1.37 bits per heavy atom. The second kappa shape index (κ2) is 27.3. The maximum atomic E-state index is 13.6. The number of carboxylic acid groups (broad SMARTS) is 1. The monoisotopic (exact) mass is 742 g/mol. The zero-order valence-corrected chi connectivity index (χ0v) is 32.2. The number of ether oxygens (including phenoxy) is 3. The van der Waals surface area contributed by atoms with Crippen molar-refractivity contribution in [2.75, 3.05) is 6.61 Å². The molecule has 1 atom stereocenters. The van der Waals surface area contributed by atoms with E-state index in [1.54, 1.807) is 12.1 Å². The van der Waals surface area contributed by atoms with Crippen LogP contribution in [0.25, 0.3) is 0 Å². The van der Waals surface area contributed by atoms with E-state index in [0.717, 1.165) is 108 Å². The topological polar surface area (TPSA) is 116 Å². The van der Waals surface area contributed by atoms with Crippen LogP contribution in [-0.4, -0.2) is 35.4 Å². The largest absolute Gasteiger partial charge is 0.480 e. The third kappa shape index (κ3) is 17.7. The van der Waals surface area contributed by atoms with Gasteiger partial charge in [0.1, 0.15) is 13.2 Å². The highest BCUT2D eigenvalue weighted by molar-refractivity contribution is 6.19. The van der Waals surface area contributed by atoms with Gasteiger partial charge in [-0.2, -0.15) is 0 Å². The molecule has 294 valence electrons. The van der Waals surface area contributed by atoms with Crippen LogP contribution in [0.2, 0.25) is 0 Å². The molecule has 0 amide bonds. The highest BCUT2D eigenvalue weighted by atomic mass is 16.5. The lowest BCUT2D eigenvalue weighted by Crippen LogP contribution is -2.47. The summed E-state index contributed by atoms with van der Waals surface area (Å²) >= 11 is 0. The molecule has 0 aliphatic rings. The predicted octanol–water partition coefficient (Wildman–Crippen LogP) is 10.7. The minimum atomic E-state index is -2.19. The fraction of sp³-hybridized carbons (Fsp3) is 0.522. The van der Waals surface area contributed by atoms with Crippen molar-refractivity contribution in [1.82, 2.24) is 0 Å². The second-order valence-electron chi connectivity index (χ2n) is 14.3. The van der Waals surface area contributed by atoms with Crippen molar-refractivity contribution in [1.29, 1.82) is 0 Å². The number of carboxylic acids is 1. The molecule has 0 saturated heterocycles. The number of carbonyl (C=O) groups is 4. The molecule has 8 nitrogen and oxygen atoms in total. The van der Waals surface area contributed by atoms with Gasteiger partial charge in [0.2, 0.25) is 5.41 Å². The van der Waals surface area contributed by atoms with Crippen LogP contribution < -0.4 is 0 Å². The molecule has 1 unspecified atom stereocenters. The molecule has 8 heteroatoms. The SMILES string of the molecule is O=C(CCCCCCCCCCC(C(=O)O)(C(=O)CCCCCCCCCCOCc1ccccc1)C(=O)OCc1ccccc1)OCc1ccccc1. The summed E-state index contributed by atoms with van der Waals surface area (Å²) in [5.74, 6) is -3.11. The normalized spacial score (nSPS) is 12.1. The molecule has 54 heavy (non-hydrogen) atoms. The second-order valence-corrected chi connectivity index (χ2v) is 14.3. The Kier molecular flexibility index (Phi) is 22.3. The fourth-order valence-electron chi connectivity index (χ4n) is 6.57. The zero-order chi connectivity index (χ0) is 38.5. The maximum absolute atomic E-state index is 13.6. The summed E-state index contributed by atoms with van der Waals surface area (Å²) in [5, 5.41) is 10.4. The van der Waals surface area contributed by atoms with Crippen LogP contribution in [-0.2, 0) is 53.2 Å². The lowest BCUT2D eigenvalue weighted by Gasteiger charge is -2.26. The van der Waals surface area contributed by atoms with E-state index in [1.807, 2.05) is 66.7 Å². The quantitative estimate of drug-likeness (QED) is 0.0393. The summed E-state index contributed by atoms with van der Waals surface area (Å²) < 4.78 is 16.6. The Morgan fingerprint density at radius 2 is 0.870 bits per heavy atom. The highest BCUT2D eigenvalue weighted by Crippen LogP contribution is 2.32. The van der Waals surface area contributed by atoms with Crippen molar-refractivity contribution in [3.63, 3.8) is 0 Å². The zero-order valence-electron chi connectivity index (χ0n) is 32.2. The van der Waals surface area contributed by atoms with Crippen LogP contribution in [0.3, 0.4) is 0 Å². The minimum absolute atomic E-state index is 0.0469. The number of Topliss-reactive ketones (excluding diaryl/α,β-unsaturated/α-hetero) is 1. The number of rotatable bonds is 31. The van der Waals surface area contributed by atoms with Crippen LogP contribution in [0.4, 0.5) is 0 Å². The third-order valence-electron chi connectivity index (χ3n) is 9.88. The first-order valence-corrected chi connectivity index (χ1v) is 20.2. The third-order valence-corrected chi connectivity index (χ3v) is 9.88. The summed E-state index contributed by atoms with van der Waals surface area (Å²) in [5.41, 5.74) is 0.713. The molecular weight excluding hydrogens is 680 g/mol. The van der Waals surface area contributed by atoms with Crippen molar-refractivity contribution in [2.24, 2.45) is 5.41 Å². The number of hydrogen-bond acceptors (Lipinski definition) is 7. The molecule has 0 spiro atoms. The molecule has 3 aromatic rings. The molecular formula is C46H62O8. The van der Waals surface area contributed by atoms with Crippen LogP contribution in [0.1, 0.15) is 139 Å². The number of benzene rings is 3. The maximum Gasteiger partial charge on any atom is 0.331 e. The van der Waals surface area contributed by atoms with E-state index in [0.29, 0.717) is 32.5 Å². The van der Waals surface area contributed by atoms with Gasteiger partial charge >= 0.3 is 17.9 Å². The van der Waals surface area contributed by atoms with Crippen molar-refractivity contribution in [2.45, 2.75) is 142 Å². The Morgan fingerprint density at radius 1 is 0.463 bits per heavy atom. The minimum Gasteiger partial charge on any atom is -0.480 e. The van der Waals surface area contributed by atoms with Crippen molar-refractivity contribution >= 4 is 23.7 Å². The highest BCUT2D eigenvalue weighted by Gasteiger charge is 2.53. The van der Waals surface area contributed by atoms with Crippen LogP contribution >= 0.6 is 0 Å². The molecule has 1 N–H and O–H groups in total.